The SMILES string of the molecule is CCCN1CCC(NCC2(N(C)C)CCCC(C)C2)CC1. The van der Waals surface area contributed by atoms with Crippen LogP contribution in [0.2, 0.25) is 0 Å². The minimum atomic E-state index is 0.401. The van der Waals surface area contributed by atoms with Crippen molar-refractivity contribution in [3.05, 3.63) is 0 Å². The maximum absolute atomic E-state index is 3.93. The van der Waals surface area contributed by atoms with Crippen molar-refractivity contribution in [2.75, 3.05) is 40.3 Å². The van der Waals surface area contributed by atoms with Crippen LogP contribution in [-0.2, 0) is 0 Å². The van der Waals surface area contributed by atoms with E-state index in [9.17, 15) is 0 Å². The van der Waals surface area contributed by atoms with Crippen LogP contribution in [0.4, 0.5) is 0 Å². The van der Waals surface area contributed by atoms with E-state index in [0.29, 0.717) is 5.54 Å². The molecule has 21 heavy (non-hydrogen) atoms. The summed E-state index contributed by atoms with van der Waals surface area (Å²) in [6.45, 7) is 9.76. The molecule has 3 heteroatoms. The van der Waals surface area contributed by atoms with Crippen molar-refractivity contribution in [3.63, 3.8) is 0 Å². The van der Waals surface area contributed by atoms with Crippen molar-refractivity contribution in [2.24, 2.45) is 5.92 Å². The van der Waals surface area contributed by atoms with E-state index in [0.717, 1.165) is 12.0 Å². The fraction of sp³-hybridized carbons (Fsp3) is 1.00. The first-order valence-corrected chi connectivity index (χ1v) is 9.19. The number of nitrogens with one attached hydrogen (secondary N) is 1. The van der Waals surface area contributed by atoms with Crippen molar-refractivity contribution in [3.8, 4) is 0 Å². The zero-order chi connectivity index (χ0) is 15.3. The van der Waals surface area contributed by atoms with Crippen molar-refractivity contribution in [1.29, 1.82) is 0 Å². The lowest BCUT2D eigenvalue weighted by atomic mass is 9.75. The highest BCUT2D eigenvalue weighted by molar-refractivity contribution is 4.95. The molecule has 0 bridgehead atoms. The highest BCUT2D eigenvalue weighted by Gasteiger charge is 2.37. The van der Waals surface area contributed by atoms with Crippen LogP contribution in [0, 0.1) is 5.92 Å². The second kappa shape index (κ2) is 7.94. The number of likely N-dealkylation sites (N-methyl/N-ethyl adjacent to an activating group) is 1. The Morgan fingerprint density at radius 3 is 2.48 bits per heavy atom. The molecule has 3 nitrogen and oxygen atoms in total. The predicted octanol–water partition coefficient (Wildman–Crippen LogP) is 2.96. The molecule has 0 aromatic heterocycles. The van der Waals surface area contributed by atoms with Gasteiger partial charge >= 0.3 is 0 Å². The molecule has 0 radical (unpaired) electrons. The molecule has 2 unspecified atom stereocenters. The van der Waals surface area contributed by atoms with Crippen molar-refractivity contribution in [1.82, 2.24) is 15.1 Å². The topological polar surface area (TPSA) is 18.5 Å². The molecule has 124 valence electrons. The van der Waals surface area contributed by atoms with Crippen molar-refractivity contribution < 1.29 is 0 Å². The highest BCUT2D eigenvalue weighted by atomic mass is 15.2. The van der Waals surface area contributed by atoms with E-state index in [1.165, 1.54) is 71.1 Å². The molecule has 0 amide bonds. The molecule has 1 N–H and O–H groups in total. The standard InChI is InChI=1S/C18H37N3/c1-5-11-21-12-8-17(9-13-21)19-15-18(20(3)4)10-6-7-16(2)14-18/h16-17,19H,5-15H2,1-4H3. The predicted molar refractivity (Wildman–Crippen MR) is 91.8 cm³/mol. The fourth-order valence-electron chi connectivity index (χ4n) is 4.37. The van der Waals surface area contributed by atoms with Crippen LogP contribution in [-0.4, -0.2) is 61.7 Å². The van der Waals surface area contributed by atoms with Gasteiger partial charge in [0.25, 0.3) is 0 Å². The molecular weight excluding hydrogens is 258 g/mol. The Balaban J connectivity index is 1.80. The van der Waals surface area contributed by atoms with Crippen molar-refractivity contribution in [2.45, 2.75) is 70.4 Å². The number of piperidine rings is 1. The van der Waals surface area contributed by atoms with E-state index < -0.39 is 0 Å². The summed E-state index contributed by atoms with van der Waals surface area (Å²) in [7, 11) is 4.56. The van der Waals surface area contributed by atoms with Gasteiger partial charge in [-0.1, -0.05) is 26.7 Å². The Bertz CT molecular complexity index is 297. The first-order valence-electron chi connectivity index (χ1n) is 9.19. The molecule has 0 spiro atoms. The van der Waals surface area contributed by atoms with Crippen LogP contribution in [0.3, 0.4) is 0 Å². The summed E-state index contributed by atoms with van der Waals surface area (Å²) in [5.74, 6) is 0.884. The molecule has 1 heterocycles. The zero-order valence-corrected chi connectivity index (χ0v) is 14.8. The normalized spacial score (nSPS) is 32.7. The lowest BCUT2D eigenvalue weighted by Gasteiger charge is -2.46. The maximum atomic E-state index is 3.93. The Labute approximate surface area is 132 Å². The van der Waals surface area contributed by atoms with E-state index in [2.05, 4.69) is 43.1 Å². The molecule has 1 saturated carbocycles. The van der Waals surface area contributed by atoms with Crippen LogP contribution in [0.25, 0.3) is 0 Å². The van der Waals surface area contributed by atoms with Gasteiger partial charge in [0.2, 0.25) is 0 Å². The summed E-state index contributed by atoms with van der Waals surface area (Å²) in [4.78, 5) is 5.13. The van der Waals surface area contributed by atoms with Crippen LogP contribution in [0.15, 0.2) is 0 Å². The first-order chi connectivity index (χ1) is 10.1. The number of nitrogens with zero attached hydrogens (tertiary/aromatic N) is 2. The van der Waals surface area contributed by atoms with Gasteiger partial charge in [0, 0.05) is 18.1 Å². The molecule has 0 aromatic carbocycles. The number of rotatable bonds is 6. The summed E-state index contributed by atoms with van der Waals surface area (Å²) in [5.41, 5.74) is 0.401. The van der Waals surface area contributed by atoms with Gasteiger partial charge in [-0.3, -0.25) is 0 Å². The van der Waals surface area contributed by atoms with Gasteiger partial charge in [0.1, 0.15) is 0 Å². The largest absolute Gasteiger partial charge is 0.312 e. The molecule has 2 atom stereocenters. The fourth-order valence-corrected chi connectivity index (χ4v) is 4.37. The Morgan fingerprint density at radius 1 is 1.19 bits per heavy atom. The van der Waals surface area contributed by atoms with Gasteiger partial charge in [-0.05, 0) is 71.8 Å². The van der Waals surface area contributed by atoms with E-state index in [1.54, 1.807) is 0 Å². The van der Waals surface area contributed by atoms with E-state index in [1.807, 2.05) is 0 Å². The maximum Gasteiger partial charge on any atom is 0.0330 e. The summed E-state index contributed by atoms with van der Waals surface area (Å²) >= 11 is 0. The third-order valence-corrected chi connectivity index (χ3v) is 5.86. The first kappa shape index (κ1) is 17.2. The molecule has 2 rings (SSSR count). The third kappa shape index (κ3) is 4.67. The average molecular weight is 296 g/mol. The molecule has 1 saturated heterocycles. The zero-order valence-electron chi connectivity index (χ0n) is 14.8. The second-order valence-corrected chi connectivity index (χ2v) is 7.82. The van der Waals surface area contributed by atoms with Crippen LogP contribution < -0.4 is 5.32 Å². The minimum absolute atomic E-state index is 0.401. The van der Waals surface area contributed by atoms with E-state index >= 15 is 0 Å². The van der Waals surface area contributed by atoms with Gasteiger partial charge in [0.05, 0.1) is 0 Å². The molecule has 0 aromatic rings. The summed E-state index contributed by atoms with van der Waals surface area (Å²) < 4.78 is 0. The number of likely N-dealkylation sites (tertiary alicyclic amines) is 1. The van der Waals surface area contributed by atoms with E-state index in [4.69, 9.17) is 0 Å². The molecular formula is C18H37N3. The Morgan fingerprint density at radius 2 is 1.90 bits per heavy atom. The Hall–Kier alpha value is -0.120. The van der Waals surface area contributed by atoms with Crippen LogP contribution >= 0.6 is 0 Å². The third-order valence-electron chi connectivity index (χ3n) is 5.86. The lowest BCUT2D eigenvalue weighted by molar-refractivity contribution is 0.0683. The molecule has 2 fully saturated rings. The smallest absolute Gasteiger partial charge is 0.0330 e. The van der Waals surface area contributed by atoms with Gasteiger partial charge in [-0.2, -0.15) is 0 Å². The van der Waals surface area contributed by atoms with Crippen LogP contribution in [0.5, 0.6) is 0 Å². The minimum Gasteiger partial charge on any atom is -0.312 e. The monoisotopic (exact) mass is 295 g/mol. The van der Waals surface area contributed by atoms with Gasteiger partial charge in [-0.15, -0.1) is 0 Å². The average Bonchev–Trinajstić information content (AvgIpc) is 2.47. The van der Waals surface area contributed by atoms with Crippen LogP contribution in [0.1, 0.15) is 58.8 Å². The van der Waals surface area contributed by atoms with Crippen molar-refractivity contribution >= 4 is 0 Å². The summed E-state index contributed by atoms with van der Waals surface area (Å²) in [6.07, 6.45) is 9.51. The lowest BCUT2D eigenvalue weighted by Crippen LogP contribution is -2.56. The number of hydrogen-bond donors (Lipinski definition) is 1. The highest BCUT2D eigenvalue weighted by Crippen LogP contribution is 2.35. The molecule has 1 aliphatic carbocycles. The number of hydrogen-bond acceptors (Lipinski definition) is 3. The molecule has 1 aliphatic heterocycles. The van der Waals surface area contributed by atoms with Gasteiger partial charge < -0.3 is 15.1 Å². The van der Waals surface area contributed by atoms with E-state index in [-0.39, 0.29) is 0 Å². The summed E-state index contributed by atoms with van der Waals surface area (Å²) in [5, 5.41) is 3.93. The summed E-state index contributed by atoms with van der Waals surface area (Å²) in [6, 6.07) is 0.743. The van der Waals surface area contributed by atoms with Gasteiger partial charge in [0.15, 0.2) is 0 Å². The molecule has 2 aliphatic rings. The quantitative estimate of drug-likeness (QED) is 0.813. The van der Waals surface area contributed by atoms with Gasteiger partial charge in [-0.25, -0.2) is 0 Å². The Kier molecular flexibility index (Phi) is 6.51. The second-order valence-electron chi connectivity index (χ2n) is 7.82.